The first-order valence-electron chi connectivity index (χ1n) is 46.4. The van der Waals surface area contributed by atoms with Crippen molar-refractivity contribution in [3.05, 3.63) is 174 Å². The summed E-state index contributed by atoms with van der Waals surface area (Å²) < 4.78 is 68.9. The number of amides is 10. The Bertz CT molecular complexity index is 5500. The Morgan fingerprint density at radius 2 is 0.846 bits per heavy atom. The van der Waals surface area contributed by atoms with Crippen molar-refractivity contribution in [3.8, 4) is 5.75 Å². The number of anilines is 2. The van der Waals surface area contributed by atoms with Gasteiger partial charge < -0.3 is 58.1 Å². The maximum Gasteiger partial charge on any atom is 0.490 e. The summed E-state index contributed by atoms with van der Waals surface area (Å²) in [4.78, 5) is 122. The minimum absolute atomic E-state index is 0.0265. The predicted octanol–water partition coefficient (Wildman–Crippen LogP) is 17.8. The number of carbonyl (C=O) groups is 9. The number of halogens is 5. The molecule has 4 unspecified atom stereocenters. The van der Waals surface area contributed by atoms with Gasteiger partial charge in [0.15, 0.2) is 0 Å². The van der Waals surface area contributed by atoms with Crippen LogP contribution >= 0.6 is 45.8 Å². The smallest absolute Gasteiger partial charge is 0.444 e. The molecule has 3 aromatic carbocycles. The number of hydrogen-bond acceptors (Lipinski definition) is 19. The molecule has 4 atom stereocenters. The van der Waals surface area contributed by atoms with Gasteiger partial charge in [-0.15, -0.1) is 0 Å². The van der Waals surface area contributed by atoms with Crippen LogP contribution in [0.4, 0.5) is 44.1 Å². The van der Waals surface area contributed by atoms with E-state index in [2.05, 4.69) is 93.5 Å². The monoisotopic (exact) mass is 2030 g/mol. The lowest BCUT2D eigenvalue weighted by Crippen LogP contribution is -2.47. The summed E-state index contributed by atoms with van der Waals surface area (Å²) in [6.07, 6.45) is 15.6. The van der Waals surface area contributed by atoms with Gasteiger partial charge in [-0.25, -0.2) is 32.8 Å². The van der Waals surface area contributed by atoms with Crippen molar-refractivity contribution in [3.63, 3.8) is 0 Å². The van der Waals surface area contributed by atoms with Crippen LogP contribution in [0.5, 0.6) is 5.75 Å². The van der Waals surface area contributed by atoms with Crippen molar-refractivity contribution in [2.75, 3.05) is 63.0 Å². The van der Waals surface area contributed by atoms with Gasteiger partial charge in [0.25, 0.3) is 0 Å². The van der Waals surface area contributed by atoms with E-state index < -0.39 is 34.5 Å². The summed E-state index contributed by atoms with van der Waals surface area (Å²) in [5, 5.41) is 23.1. The fraction of sp³-hybridized carbons (Fsp3) is 0.557. The summed E-state index contributed by atoms with van der Waals surface area (Å²) in [7, 11) is -0.260. The molecular formula is C97H132BCl2F2IN18O15. The highest BCUT2D eigenvalue weighted by Gasteiger charge is 2.53. The maximum absolute atomic E-state index is 13.4. The van der Waals surface area contributed by atoms with Crippen LogP contribution in [0.25, 0.3) is 5.57 Å². The van der Waals surface area contributed by atoms with E-state index >= 15 is 0 Å². The van der Waals surface area contributed by atoms with Gasteiger partial charge in [-0.3, -0.25) is 57.9 Å². The number of nitrogens with one attached hydrogen (secondary N) is 2. The summed E-state index contributed by atoms with van der Waals surface area (Å²) >= 11 is 13.7. The average molecular weight is 2040 g/mol. The molecule has 4 aromatic heterocycles. The lowest BCUT2D eigenvalue weighted by Gasteiger charge is -2.37. The first-order valence-corrected chi connectivity index (χ1v) is 48.2. The van der Waals surface area contributed by atoms with Crippen molar-refractivity contribution in [1.82, 2.24) is 78.3 Å². The molecule has 33 nitrogen and oxygen atoms in total. The second-order valence-corrected chi connectivity index (χ2v) is 41.7. The van der Waals surface area contributed by atoms with E-state index in [1.165, 1.54) is 47.5 Å². The number of ether oxygens (including phenoxy) is 4. The highest BCUT2D eigenvalue weighted by molar-refractivity contribution is 14.1. The van der Waals surface area contributed by atoms with Crippen LogP contribution in [-0.4, -0.2) is 244 Å². The van der Waals surface area contributed by atoms with E-state index in [0.29, 0.717) is 87.9 Å². The normalized spacial score (nSPS) is 19.7. The van der Waals surface area contributed by atoms with E-state index in [-0.39, 0.29) is 100 Å². The van der Waals surface area contributed by atoms with Gasteiger partial charge in [0, 0.05) is 97.0 Å². The standard InChI is InChI=1S/C21H25ClFN5O2.C19H30N4O3.C19H28N4O3.C13H22BNO3.C13H9ClFNO2.C12H18IN3O2/c1-13-11-28-20(17(10-24-28)15-5-7-26(8-6-15)14(2)29)12-27(13)21(30)25-16-3-4-19(23)18(22)9-16;2*1-13-11-23-17(12-22(13)18(25)26-19(3,4)5)16(10-20-23)15-6-8-21(9-7-15)14(2)24;1-10(16)15-8-6-11(7-9-15)14-17-12(2,3)13(4,5)18-14;14-11-8-9(6-7-12(11)15)16-13(17)18-10-4-2-1-3-5-10;1-8-6-16-10(9(13)5-14-16)7-15(8)11(17)18-12(2,3)4/h3-4,9-10,13,15H,5-8,11-12H2,1-2H3,(H,25,30);10,13,15H,6-9,11-12H2,1-5H3;6,10,13H,7-9,11-12H2,1-5H3;6H,7-9H2,1-5H3;1-8H,(H,16,17);5,8H,6-7H2,1-4H3. The van der Waals surface area contributed by atoms with Gasteiger partial charge in [-0.2, -0.15) is 20.4 Å². The third-order valence-electron chi connectivity index (χ3n) is 25.4. The van der Waals surface area contributed by atoms with E-state index in [1.807, 2.05) is 159 Å². The molecule has 0 aliphatic carbocycles. The molecule has 10 amide bonds. The van der Waals surface area contributed by atoms with Gasteiger partial charge in [0.2, 0.25) is 23.6 Å². The Morgan fingerprint density at radius 3 is 1.25 bits per heavy atom. The van der Waals surface area contributed by atoms with Crippen LogP contribution in [0.3, 0.4) is 0 Å². The molecule has 2 N–H and O–H groups in total. The first-order chi connectivity index (χ1) is 63.8. The molecule has 0 radical (unpaired) electrons. The Kier molecular flexibility index (Phi) is 34.9. The first kappa shape index (κ1) is 106. The molecule has 13 heterocycles. The quantitative estimate of drug-likeness (QED) is 0.0850. The number of aromatic nitrogens is 8. The number of benzene rings is 3. The third kappa shape index (κ3) is 27.9. The molecule has 9 aliphatic rings. The minimum atomic E-state index is -0.663. The molecule has 0 bridgehead atoms. The molecule has 3 fully saturated rings. The molecule has 7 aromatic rings. The molecule has 738 valence electrons. The van der Waals surface area contributed by atoms with Crippen LogP contribution in [0.2, 0.25) is 10.0 Å². The zero-order chi connectivity index (χ0) is 99.5. The highest BCUT2D eigenvalue weighted by Crippen LogP contribution is 2.42. The van der Waals surface area contributed by atoms with Crippen LogP contribution in [-0.2, 0) is 95.1 Å². The van der Waals surface area contributed by atoms with Crippen LogP contribution in [0.15, 0.2) is 109 Å². The van der Waals surface area contributed by atoms with E-state index in [9.17, 15) is 51.9 Å². The average Bonchev–Trinajstić information content (AvgIpc) is 1.18. The lowest BCUT2D eigenvalue weighted by molar-refractivity contribution is -0.130. The van der Waals surface area contributed by atoms with Crippen molar-refractivity contribution in [1.29, 1.82) is 0 Å². The zero-order valence-electron chi connectivity index (χ0n) is 82.1. The van der Waals surface area contributed by atoms with Gasteiger partial charge in [-0.05, 0) is 261 Å². The van der Waals surface area contributed by atoms with Crippen LogP contribution in [0.1, 0.15) is 235 Å². The second-order valence-electron chi connectivity index (χ2n) is 39.7. The minimum Gasteiger partial charge on any atom is -0.444 e. The van der Waals surface area contributed by atoms with Crippen molar-refractivity contribution >= 4 is 124 Å². The second kappa shape index (κ2) is 44.9. The Balaban J connectivity index is 0.000000159. The van der Waals surface area contributed by atoms with Gasteiger partial charge in [0.05, 0.1) is 149 Å². The molecule has 0 saturated carbocycles. The Labute approximate surface area is 820 Å². The Morgan fingerprint density at radius 1 is 0.471 bits per heavy atom. The largest absolute Gasteiger partial charge is 0.490 e. The topological polar surface area (TPSA) is 330 Å². The van der Waals surface area contributed by atoms with E-state index in [4.69, 9.17) is 51.5 Å². The van der Waals surface area contributed by atoms with E-state index in [0.717, 1.165) is 127 Å². The number of para-hydroxylation sites is 1. The predicted molar refractivity (Wildman–Crippen MR) is 523 cm³/mol. The molecule has 9 aliphatic heterocycles. The molecule has 136 heavy (non-hydrogen) atoms. The number of rotatable bonds is 7. The summed E-state index contributed by atoms with van der Waals surface area (Å²) in [6, 6.07) is 16.5. The van der Waals surface area contributed by atoms with Crippen molar-refractivity contribution in [2.24, 2.45) is 0 Å². The fourth-order valence-corrected chi connectivity index (χ4v) is 17.9. The number of hydrogen-bond donors (Lipinski definition) is 2. The number of urea groups is 1. The summed E-state index contributed by atoms with van der Waals surface area (Å²) in [5.41, 5.74) is 8.83. The van der Waals surface area contributed by atoms with Gasteiger partial charge >= 0.3 is 37.5 Å². The number of nitrogens with zero attached hydrogens (tertiary/aromatic N) is 16. The van der Waals surface area contributed by atoms with Crippen molar-refractivity contribution in [2.45, 2.75) is 300 Å². The molecule has 39 heteroatoms. The van der Waals surface area contributed by atoms with Crippen molar-refractivity contribution < 1.29 is 80.2 Å². The SMILES string of the molecule is CC(=O)N1CC=C(B2OC(C)(C)C(C)(C)O2)CC1.CC(=O)N1CC=C(c2cnn3c2CN(C(=O)OC(C)(C)C)C(C)C3)CC1.CC(=O)N1CCC(c2cnn3c2CN(C(=O)Nc2ccc(F)c(Cl)c2)C(C)C3)CC1.CC(=O)N1CCC(c2cnn3c2CN(C(=O)OC(C)(C)C)C(C)C3)CC1.CC1Cn2ncc(I)c2CN1C(=O)OC(C)(C)C.O=C(Nc1ccc(F)c(Cl)c1)Oc1ccccc1. The number of piperidine rings is 2. The molecule has 0 spiro atoms. The maximum atomic E-state index is 13.4. The number of carbonyl (C=O) groups excluding carboxylic acids is 9. The summed E-state index contributed by atoms with van der Waals surface area (Å²) in [5.74, 6) is 0.559. The third-order valence-corrected chi connectivity index (χ3v) is 26.9. The van der Waals surface area contributed by atoms with E-state index in [1.54, 1.807) is 71.6 Å². The molecule has 3 saturated heterocycles. The molecule has 16 rings (SSSR count). The zero-order valence-corrected chi connectivity index (χ0v) is 85.8. The van der Waals surface area contributed by atoms with Gasteiger partial charge in [-0.1, -0.05) is 53.6 Å². The van der Waals surface area contributed by atoms with Crippen LogP contribution < -0.4 is 15.4 Å². The van der Waals surface area contributed by atoms with Gasteiger partial charge in [0.1, 0.15) is 34.2 Å². The molecular weight excluding hydrogens is 1900 g/mol. The number of likely N-dealkylation sites (tertiary alicyclic amines) is 2. The Hall–Kier alpha value is -10.6. The van der Waals surface area contributed by atoms with Crippen LogP contribution in [0, 0.1) is 15.2 Å². The lowest BCUT2D eigenvalue weighted by atomic mass is 9.75. The number of fused-ring (bicyclic) bond motifs is 4. The fourth-order valence-electron chi connectivity index (χ4n) is 17.0. The summed E-state index contributed by atoms with van der Waals surface area (Å²) in [6.45, 7) is 50.1. The highest BCUT2D eigenvalue weighted by atomic mass is 127.